The van der Waals surface area contributed by atoms with Gasteiger partial charge in [0, 0.05) is 11.3 Å². The molecule has 1 aliphatic rings. The second-order valence-corrected chi connectivity index (χ2v) is 4.68. The lowest BCUT2D eigenvalue weighted by Crippen LogP contribution is -2.08. The van der Waals surface area contributed by atoms with Crippen LogP contribution in [0.3, 0.4) is 0 Å². The number of carbonyl (C=O) groups excluding carboxylic acids is 1. The first-order valence-corrected chi connectivity index (χ1v) is 5.56. The van der Waals surface area contributed by atoms with Crippen LogP contribution >= 0.6 is 11.8 Å². The molecule has 0 amide bonds. The van der Waals surface area contributed by atoms with Crippen molar-refractivity contribution in [3.05, 3.63) is 30.3 Å². The van der Waals surface area contributed by atoms with E-state index in [0.717, 1.165) is 11.3 Å². The van der Waals surface area contributed by atoms with Gasteiger partial charge in [0.25, 0.3) is 0 Å². The number of rotatable bonds is 2. The summed E-state index contributed by atoms with van der Waals surface area (Å²) in [6, 6.07) is 9.96. The van der Waals surface area contributed by atoms with Crippen LogP contribution < -0.4 is 0 Å². The first kappa shape index (κ1) is 9.59. The minimum atomic E-state index is -0.0775. The van der Waals surface area contributed by atoms with E-state index in [9.17, 15) is 4.79 Å². The second kappa shape index (κ2) is 4.05. The summed E-state index contributed by atoms with van der Waals surface area (Å²) in [7, 11) is 0. The van der Waals surface area contributed by atoms with Gasteiger partial charge in [-0.1, -0.05) is 18.2 Å². The Hall–Kier alpha value is -0.960. The highest BCUT2D eigenvalue weighted by molar-refractivity contribution is 8.00. The summed E-state index contributed by atoms with van der Waals surface area (Å²) in [5.74, 6) is -0.0775. The number of ether oxygens (including phenoxy) is 1. The minimum Gasteiger partial charge on any atom is -0.462 e. The fraction of sp³-hybridized carbons (Fsp3) is 0.364. The van der Waals surface area contributed by atoms with Crippen LogP contribution in [0.1, 0.15) is 13.3 Å². The van der Waals surface area contributed by atoms with E-state index in [0.29, 0.717) is 0 Å². The number of carbonyl (C=O) groups is 1. The van der Waals surface area contributed by atoms with Crippen LogP contribution in [-0.4, -0.2) is 17.3 Å². The van der Waals surface area contributed by atoms with Gasteiger partial charge in [-0.3, -0.25) is 4.79 Å². The zero-order valence-corrected chi connectivity index (χ0v) is 8.79. The molecule has 1 aliphatic heterocycles. The zero-order chi connectivity index (χ0) is 9.97. The number of esters is 1. The Kier molecular flexibility index (Phi) is 2.77. The van der Waals surface area contributed by atoms with Crippen LogP contribution in [0.4, 0.5) is 0 Å². The molecular weight excluding hydrogens is 196 g/mol. The first-order valence-electron chi connectivity index (χ1n) is 4.68. The summed E-state index contributed by atoms with van der Waals surface area (Å²) in [5.41, 5.74) is 0. The molecule has 0 aliphatic carbocycles. The van der Waals surface area contributed by atoms with Crippen molar-refractivity contribution >= 4 is 17.7 Å². The van der Waals surface area contributed by atoms with Gasteiger partial charge in [0.05, 0.1) is 0 Å². The molecule has 3 heteroatoms. The number of hydrogen-bond donors (Lipinski definition) is 0. The van der Waals surface area contributed by atoms with Crippen molar-refractivity contribution in [1.82, 2.24) is 0 Å². The molecule has 0 saturated carbocycles. The maximum absolute atomic E-state index is 11.3. The van der Waals surface area contributed by atoms with E-state index >= 15 is 0 Å². The molecule has 0 bridgehead atoms. The molecule has 1 fully saturated rings. The molecule has 0 unspecified atom stereocenters. The molecule has 1 aromatic rings. The molecule has 0 radical (unpaired) electrons. The molecule has 14 heavy (non-hydrogen) atoms. The van der Waals surface area contributed by atoms with Crippen molar-refractivity contribution in [3.63, 3.8) is 0 Å². The standard InChI is InChI=1S/C11H12O2S/c1-8-7-10(11(12)13-8)14-9-5-3-2-4-6-9/h2-6,8,10H,7H2,1H3/t8-,10-/m1/s1. The number of benzene rings is 1. The Morgan fingerprint density at radius 1 is 1.36 bits per heavy atom. The topological polar surface area (TPSA) is 26.3 Å². The Balaban J connectivity index is 2.02. The largest absolute Gasteiger partial charge is 0.462 e. The number of hydrogen-bond acceptors (Lipinski definition) is 3. The molecule has 2 atom stereocenters. The highest BCUT2D eigenvalue weighted by atomic mass is 32.2. The molecule has 0 spiro atoms. The van der Waals surface area contributed by atoms with Crippen LogP contribution in [0, 0.1) is 0 Å². The molecule has 0 N–H and O–H groups in total. The quantitative estimate of drug-likeness (QED) is 0.698. The molecule has 2 nitrogen and oxygen atoms in total. The van der Waals surface area contributed by atoms with E-state index in [4.69, 9.17) is 4.74 Å². The van der Waals surface area contributed by atoms with Crippen LogP contribution in [-0.2, 0) is 9.53 Å². The molecule has 74 valence electrons. The third-order valence-corrected chi connectivity index (χ3v) is 3.36. The molecular formula is C11H12O2S. The third-order valence-electron chi connectivity index (χ3n) is 2.15. The monoisotopic (exact) mass is 208 g/mol. The lowest BCUT2D eigenvalue weighted by atomic mass is 10.3. The van der Waals surface area contributed by atoms with Gasteiger partial charge in [0.1, 0.15) is 11.4 Å². The van der Waals surface area contributed by atoms with E-state index < -0.39 is 0 Å². The molecule has 1 heterocycles. The van der Waals surface area contributed by atoms with Crippen LogP contribution in [0.15, 0.2) is 35.2 Å². The van der Waals surface area contributed by atoms with Gasteiger partial charge in [-0.15, -0.1) is 11.8 Å². The maximum Gasteiger partial charge on any atom is 0.319 e. The van der Waals surface area contributed by atoms with Crippen molar-refractivity contribution < 1.29 is 9.53 Å². The lowest BCUT2D eigenvalue weighted by Gasteiger charge is -2.04. The molecule has 1 aromatic carbocycles. The SMILES string of the molecule is C[C@@H]1C[C@@H](Sc2ccccc2)C(=O)O1. The molecule has 2 rings (SSSR count). The van der Waals surface area contributed by atoms with E-state index in [1.54, 1.807) is 11.8 Å². The summed E-state index contributed by atoms with van der Waals surface area (Å²) in [6.07, 6.45) is 0.891. The van der Waals surface area contributed by atoms with Crippen molar-refractivity contribution in [2.24, 2.45) is 0 Å². The zero-order valence-electron chi connectivity index (χ0n) is 7.97. The van der Waals surface area contributed by atoms with E-state index in [1.165, 1.54) is 0 Å². The smallest absolute Gasteiger partial charge is 0.319 e. The highest BCUT2D eigenvalue weighted by Gasteiger charge is 2.32. The van der Waals surface area contributed by atoms with Crippen LogP contribution in [0.2, 0.25) is 0 Å². The predicted octanol–water partition coefficient (Wildman–Crippen LogP) is 2.48. The first-order chi connectivity index (χ1) is 6.75. The Morgan fingerprint density at radius 2 is 2.07 bits per heavy atom. The van der Waals surface area contributed by atoms with Gasteiger partial charge in [-0.2, -0.15) is 0 Å². The van der Waals surface area contributed by atoms with E-state index in [1.807, 2.05) is 37.3 Å². The van der Waals surface area contributed by atoms with Crippen molar-refractivity contribution in [1.29, 1.82) is 0 Å². The maximum atomic E-state index is 11.3. The third kappa shape index (κ3) is 2.10. The second-order valence-electron chi connectivity index (χ2n) is 3.40. The summed E-state index contributed by atoms with van der Waals surface area (Å²) in [6.45, 7) is 1.93. The van der Waals surface area contributed by atoms with Crippen molar-refractivity contribution in [2.75, 3.05) is 0 Å². The van der Waals surface area contributed by atoms with Gasteiger partial charge in [0.2, 0.25) is 0 Å². The van der Waals surface area contributed by atoms with Gasteiger partial charge in [0.15, 0.2) is 0 Å². The van der Waals surface area contributed by atoms with E-state index in [-0.39, 0.29) is 17.3 Å². The molecule has 1 saturated heterocycles. The normalized spacial score (nSPS) is 26.2. The predicted molar refractivity (Wildman–Crippen MR) is 56.3 cm³/mol. The van der Waals surface area contributed by atoms with Crippen molar-refractivity contribution in [3.8, 4) is 0 Å². The summed E-state index contributed by atoms with van der Waals surface area (Å²) < 4.78 is 5.09. The summed E-state index contributed by atoms with van der Waals surface area (Å²) in [5, 5.41) is -0.0209. The lowest BCUT2D eigenvalue weighted by molar-refractivity contribution is -0.140. The Morgan fingerprint density at radius 3 is 2.64 bits per heavy atom. The molecule has 0 aromatic heterocycles. The van der Waals surface area contributed by atoms with E-state index in [2.05, 4.69) is 0 Å². The number of thioether (sulfide) groups is 1. The van der Waals surface area contributed by atoms with Gasteiger partial charge < -0.3 is 4.74 Å². The van der Waals surface area contributed by atoms with Crippen LogP contribution in [0.5, 0.6) is 0 Å². The summed E-state index contributed by atoms with van der Waals surface area (Å²) >= 11 is 1.59. The van der Waals surface area contributed by atoms with Crippen molar-refractivity contribution in [2.45, 2.75) is 29.6 Å². The number of cyclic esters (lactones) is 1. The fourth-order valence-electron chi connectivity index (χ4n) is 1.48. The van der Waals surface area contributed by atoms with Crippen LogP contribution in [0.25, 0.3) is 0 Å². The Labute approximate surface area is 87.6 Å². The highest BCUT2D eigenvalue weighted by Crippen LogP contribution is 2.31. The van der Waals surface area contributed by atoms with Gasteiger partial charge in [-0.25, -0.2) is 0 Å². The average molecular weight is 208 g/mol. The van der Waals surface area contributed by atoms with Gasteiger partial charge in [-0.05, 0) is 19.1 Å². The minimum absolute atomic E-state index is 0.0209. The fourth-order valence-corrected chi connectivity index (χ4v) is 2.64. The average Bonchev–Trinajstić information content (AvgIpc) is 2.47. The summed E-state index contributed by atoms with van der Waals surface area (Å²) in [4.78, 5) is 12.5. The van der Waals surface area contributed by atoms with Gasteiger partial charge >= 0.3 is 5.97 Å². The Bertz CT molecular complexity index is 323.